The fourth-order valence-corrected chi connectivity index (χ4v) is 2.88. The maximum absolute atomic E-state index is 12.3. The van der Waals surface area contributed by atoms with Crippen LogP contribution in [0.15, 0.2) is 16.9 Å². The van der Waals surface area contributed by atoms with E-state index in [1.54, 1.807) is 31.0 Å². The van der Waals surface area contributed by atoms with Crippen LogP contribution in [0.5, 0.6) is 0 Å². The Morgan fingerprint density at radius 1 is 1.24 bits per heavy atom. The second-order valence-electron chi connectivity index (χ2n) is 6.03. The van der Waals surface area contributed by atoms with Gasteiger partial charge in [0, 0.05) is 31.9 Å². The van der Waals surface area contributed by atoms with Gasteiger partial charge in [-0.1, -0.05) is 12.8 Å². The molecule has 1 aromatic rings. The van der Waals surface area contributed by atoms with Crippen molar-refractivity contribution in [3.63, 3.8) is 0 Å². The number of carbonyl (C=O) groups excluding carboxylic acids is 1. The van der Waals surface area contributed by atoms with Crippen LogP contribution >= 0.6 is 0 Å². The number of rotatable bonds is 5. The van der Waals surface area contributed by atoms with E-state index in [4.69, 9.17) is 0 Å². The van der Waals surface area contributed by atoms with Crippen molar-refractivity contribution in [1.29, 1.82) is 0 Å². The molecule has 5 heteroatoms. The highest BCUT2D eigenvalue weighted by Crippen LogP contribution is 2.22. The van der Waals surface area contributed by atoms with Crippen molar-refractivity contribution < 1.29 is 4.79 Å². The number of aromatic nitrogens is 1. The van der Waals surface area contributed by atoms with Gasteiger partial charge in [-0.15, -0.1) is 0 Å². The summed E-state index contributed by atoms with van der Waals surface area (Å²) in [4.78, 5) is 30.7. The van der Waals surface area contributed by atoms with Gasteiger partial charge in [0.15, 0.2) is 0 Å². The standard InChI is InChI=1S/C16H25N3O2/c1-12-8-9-14(15(20)17-12)16(21)19(3)11-10-18(2)13-6-4-5-7-13/h8-9,13H,4-7,10-11H2,1-3H3,(H,17,20). The van der Waals surface area contributed by atoms with Gasteiger partial charge in [-0.05, 0) is 38.9 Å². The molecule has 21 heavy (non-hydrogen) atoms. The van der Waals surface area contributed by atoms with Gasteiger partial charge >= 0.3 is 0 Å². The summed E-state index contributed by atoms with van der Waals surface area (Å²) in [6, 6.07) is 4.01. The first-order valence-corrected chi connectivity index (χ1v) is 7.64. The normalized spacial score (nSPS) is 15.6. The molecule has 2 rings (SSSR count). The predicted octanol–water partition coefficient (Wildman–Crippen LogP) is 1.63. The molecular weight excluding hydrogens is 266 g/mol. The SMILES string of the molecule is Cc1ccc(C(=O)N(C)CCN(C)C2CCCC2)c(=O)[nH]1. The Balaban J connectivity index is 1.91. The Morgan fingerprint density at radius 3 is 2.52 bits per heavy atom. The average Bonchev–Trinajstić information content (AvgIpc) is 2.98. The Hall–Kier alpha value is -1.62. The maximum Gasteiger partial charge on any atom is 0.260 e. The molecule has 0 spiro atoms. The van der Waals surface area contributed by atoms with Crippen molar-refractivity contribution >= 4 is 5.91 Å². The van der Waals surface area contributed by atoms with Crippen LogP contribution in [0.4, 0.5) is 0 Å². The molecule has 1 saturated carbocycles. The number of nitrogens with zero attached hydrogens (tertiary/aromatic N) is 2. The van der Waals surface area contributed by atoms with E-state index in [2.05, 4.69) is 16.9 Å². The Kier molecular flexibility index (Phi) is 5.17. The van der Waals surface area contributed by atoms with Gasteiger partial charge in [0.25, 0.3) is 11.5 Å². The number of nitrogens with one attached hydrogen (secondary N) is 1. The van der Waals surface area contributed by atoms with Gasteiger partial charge in [-0.25, -0.2) is 0 Å². The summed E-state index contributed by atoms with van der Waals surface area (Å²) < 4.78 is 0. The maximum atomic E-state index is 12.3. The quantitative estimate of drug-likeness (QED) is 0.897. The van der Waals surface area contributed by atoms with E-state index >= 15 is 0 Å². The number of likely N-dealkylation sites (N-methyl/N-ethyl adjacent to an activating group) is 2. The molecule has 0 aromatic carbocycles. The van der Waals surface area contributed by atoms with Crippen molar-refractivity contribution in [2.75, 3.05) is 27.2 Å². The van der Waals surface area contributed by atoms with Crippen LogP contribution in [0.25, 0.3) is 0 Å². The van der Waals surface area contributed by atoms with Gasteiger partial charge in [-0.2, -0.15) is 0 Å². The van der Waals surface area contributed by atoms with Crippen LogP contribution in [0.1, 0.15) is 41.7 Å². The lowest BCUT2D eigenvalue weighted by Crippen LogP contribution is -2.39. The average molecular weight is 291 g/mol. The number of aromatic amines is 1. The largest absolute Gasteiger partial charge is 0.340 e. The first-order chi connectivity index (χ1) is 9.99. The number of pyridine rings is 1. The summed E-state index contributed by atoms with van der Waals surface area (Å²) in [5.74, 6) is -0.212. The van der Waals surface area contributed by atoms with E-state index in [1.165, 1.54) is 25.7 Å². The molecule has 0 unspecified atom stereocenters. The van der Waals surface area contributed by atoms with Crippen LogP contribution in [0.3, 0.4) is 0 Å². The molecular formula is C16H25N3O2. The summed E-state index contributed by atoms with van der Waals surface area (Å²) in [6.45, 7) is 3.28. The van der Waals surface area contributed by atoms with E-state index < -0.39 is 0 Å². The van der Waals surface area contributed by atoms with Crippen molar-refractivity contribution in [2.45, 2.75) is 38.6 Å². The first kappa shape index (κ1) is 15.8. The van der Waals surface area contributed by atoms with Crippen molar-refractivity contribution in [2.24, 2.45) is 0 Å². The number of hydrogen-bond donors (Lipinski definition) is 1. The van der Waals surface area contributed by atoms with Gasteiger partial charge < -0.3 is 14.8 Å². The number of hydrogen-bond acceptors (Lipinski definition) is 3. The first-order valence-electron chi connectivity index (χ1n) is 7.64. The zero-order valence-electron chi connectivity index (χ0n) is 13.2. The second kappa shape index (κ2) is 6.89. The molecule has 116 valence electrons. The summed E-state index contributed by atoms with van der Waals surface area (Å²) in [7, 11) is 3.87. The molecule has 1 N–H and O–H groups in total. The van der Waals surface area contributed by atoms with E-state index in [0.717, 1.165) is 12.2 Å². The lowest BCUT2D eigenvalue weighted by molar-refractivity contribution is 0.0773. The third-order valence-electron chi connectivity index (χ3n) is 4.37. The van der Waals surface area contributed by atoms with Gasteiger partial charge in [0.2, 0.25) is 0 Å². The van der Waals surface area contributed by atoms with Crippen LogP contribution in [-0.4, -0.2) is 53.9 Å². The zero-order chi connectivity index (χ0) is 15.4. The molecule has 5 nitrogen and oxygen atoms in total. The molecule has 0 radical (unpaired) electrons. The molecule has 0 bridgehead atoms. The number of amides is 1. The lowest BCUT2D eigenvalue weighted by Gasteiger charge is -2.26. The molecule has 0 aliphatic heterocycles. The number of H-pyrrole nitrogens is 1. The van der Waals surface area contributed by atoms with Gasteiger partial charge in [0.05, 0.1) is 0 Å². The summed E-state index contributed by atoms with van der Waals surface area (Å²) >= 11 is 0. The van der Waals surface area contributed by atoms with E-state index in [0.29, 0.717) is 12.6 Å². The van der Waals surface area contributed by atoms with Crippen LogP contribution in [0, 0.1) is 6.92 Å². The van der Waals surface area contributed by atoms with Gasteiger partial charge in [0.1, 0.15) is 5.56 Å². The van der Waals surface area contributed by atoms with Crippen molar-refractivity contribution in [1.82, 2.24) is 14.8 Å². The van der Waals surface area contributed by atoms with Crippen LogP contribution in [0.2, 0.25) is 0 Å². The fourth-order valence-electron chi connectivity index (χ4n) is 2.88. The van der Waals surface area contributed by atoms with Gasteiger partial charge in [-0.3, -0.25) is 9.59 Å². The minimum Gasteiger partial charge on any atom is -0.340 e. The Bertz CT molecular complexity index is 547. The van der Waals surface area contributed by atoms with Crippen molar-refractivity contribution in [3.05, 3.63) is 33.7 Å². The third-order valence-corrected chi connectivity index (χ3v) is 4.37. The smallest absolute Gasteiger partial charge is 0.260 e. The highest BCUT2D eigenvalue weighted by molar-refractivity contribution is 5.93. The number of aryl methyl sites for hydroxylation is 1. The molecule has 0 atom stereocenters. The Labute approximate surface area is 126 Å². The monoisotopic (exact) mass is 291 g/mol. The molecule has 1 fully saturated rings. The highest BCUT2D eigenvalue weighted by atomic mass is 16.2. The molecule has 1 amide bonds. The molecule has 1 aliphatic rings. The Morgan fingerprint density at radius 2 is 1.90 bits per heavy atom. The second-order valence-corrected chi connectivity index (χ2v) is 6.03. The molecule has 0 saturated heterocycles. The van der Waals surface area contributed by atoms with E-state index in [-0.39, 0.29) is 17.0 Å². The predicted molar refractivity (Wildman–Crippen MR) is 83.6 cm³/mol. The summed E-state index contributed by atoms with van der Waals surface area (Å²) in [6.07, 6.45) is 5.13. The summed E-state index contributed by atoms with van der Waals surface area (Å²) in [5, 5.41) is 0. The minimum atomic E-state index is -0.309. The van der Waals surface area contributed by atoms with Crippen molar-refractivity contribution in [3.8, 4) is 0 Å². The van der Waals surface area contributed by atoms with Crippen LogP contribution < -0.4 is 5.56 Å². The number of carbonyl (C=O) groups is 1. The van der Waals surface area contributed by atoms with Crippen LogP contribution in [-0.2, 0) is 0 Å². The molecule has 1 aliphatic carbocycles. The summed E-state index contributed by atoms with van der Waals surface area (Å²) in [5.41, 5.74) is 0.669. The molecule has 1 heterocycles. The molecule has 1 aromatic heterocycles. The third kappa shape index (κ3) is 3.94. The van der Waals surface area contributed by atoms with E-state index in [9.17, 15) is 9.59 Å². The zero-order valence-corrected chi connectivity index (χ0v) is 13.2. The lowest BCUT2D eigenvalue weighted by atomic mass is 10.2. The van der Waals surface area contributed by atoms with E-state index in [1.807, 2.05) is 0 Å². The fraction of sp³-hybridized carbons (Fsp3) is 0.625. The highest BCUT2D eigenvalue weighted by Gasteiger charge is 2.21. The minimum absolute atomic E-state index is 0.212. The topological polar surface area (TPSA) is 56.4 Å².